The molecule has 0 atom stereocenters. The SMILES string of the molecule is [2H]C(C)(C)c1cc[n+](C)c(-c2c(C)ccc3c2oc2nc4c5c(ccc4cc23)C(C)(C)CCC5(C)C)c1. The number of hydrogen-bond acceptors (Lipinski definition) is 2. The number of rotatable bonds is 2. The van der Waals surface area contributed by atoms with Gasteiger partial charge in [0.1, 0.15) is 7.05 Å². The van der Waals surface area contributed by atoms with E-state index < -0.39 is 5.89 Å². The molecule has 0 spiro atoms. The van der Waals surface area contributed by atoms with Crippen molar-refractivity contribution in [2.24, 2.45) is 7.05 Å². The molecule has 0 aliphatic heterocycles. The van der Waals surface area contributed by atoms with Gasteiger partial charge in [-0.25, -0.2) is 9.55 Å². The van der Waals surface area contributed by atoms with Crippen LogP contribution in [0.2, 0.25) is 0 Å². The average Bonchev–Trinajstić information content (AvgIpc) is 3.17. The zero-order chi connectivity index (χ0) is 26.5. The number of fused-ring (bicyclic) bond motifs is 6. The van der Waals surface area contributed by atoms with Crippen LogP contribution in [0.5, 0.6) is 0 Å². The van der Waals surface area contributed by atoms with Gasteiger partial charge in [0.2, 0.25) is 11.4 Å². The van der Waals surface area contributed by atoms with Gasteiger partial charge in [-0.3, -0.25) is 0 Å². The molecule has 1 aliphatic carbocycles. The van der Waals surface area contributed by atoms with Gasteiger partial charge in [0, 0.05) is 29.7 Å². The molecule has 0 unspecified atom stereocenters. The molecule has 36 heavy (non-hydrogen) atoms. The zero-order valence-corrected chi connectivity index (χ0v) is 22.8. The first-order valence-corrected chi connectivity index (χ1v) is 13.1. The lowest BCUT2D eigenvalue weighted by molar-refractivity contribution is -0.660. The summed E-state index contributed by atoms with van der Waals surface area (Å²) < 4.78 is 17.4. The van der Waals surface area contributed by atoms with Gasteiger partial charge in [-0.15, -0.1) is 0 Å². The molecule has 0 saturated carbocycles. The minimum absolute atomic E-state index is 0.0655. The summed E-state index contributed by atoms with van der Waals surface area (Å²) in [5.74, 6) is -0.683. The van der Waals surface area contributed by atoms with E-state index in [1.54, 1.807) is 0 Å². The molecule has 0 N–H and O–H groups in total. The van der Waals surface area contributed by atoms with E-state index >= 15 is 0 Å². The summed E-state index contributed by atoms with van der Waals surface area (Å²) in [5, 5.41) is 3.31. The van der Waals surface area contributed by atoms with Crippen LogP contribution in [0.4, 0.5) is 0 Å². The summed E-state index contributed by atoms with van der Waals surface area (Å²) >= 11 is 0. The summed E-state index contributed by atoms with van der Waals surface area (Å²) in [4.78, 5) is 5.23. The topological polar surface area (TPSA) is 29.9 Å². The van der Waals surface area contributed by atoms with Gasteiger partial charge in [-0.05, 0) is 64.8 Å². The maximum atomic E-state index is 8.58. The Morgan fingerprint density at radius 3 is 2.47 bits per heavy atom. The fourth-order valence-electron chi connectivity index (χ4n) is 6.17. The first-order valence-electron chi connectivity index (χ1n) is 13.6. The summed E-state index contributed by atoms with van der Waals surface area (Å²) in [5.41, 5.74) is 9.86. The van der Waals surface area contributed by atoms with Crippen molar-refractivity contribution >= 4 is 33.0 Å². The molecule has 3 heteroatoms. The quantitative estimate of drug-likeness (QED) is 0.238. The predicted molar refractivity (Wildman–Crippen MR) is 150 cm³/mol. The van der Waals surface area contributed by atoms with Gasteiger partial charge in [0.05, 0.1) is 11.1 Å². The number of aryl methyl sites for hydroxylation is 2. The molecule has 6 rings (SSSR count). The van der Waals surface area contributed by atoms with E-state index in [0.29, 0.717) is 5.71 Å². The van der Waals surface area contributed by atoms with E-state index in [1.807, 2.05) is 26.1 Å². The Morgan fingerprint density at radius 2 is 1.72 bits per heavy atom. The van der Waals surface area contributed by atoms with Crippen LogP contribution in [-0.2, 0) is 17.9 Å². The van der Waals surface area contributed by atoms with Crippen molar-refractivity contribution in [1.82, 2.24) is 4.98 Å². The number of furan rings is 1. The van der Waals surface area contributed by atoms with Gasteiger partial charge in [-0.1, -0.05) is 65.8 Å². The van der Waals surface area contributed by atoms with Crippen LogP contribution < -0.4 is 4.57 Å². The van der Waals surface area contributed by atoms with Gasteiger partial charge in [-0.2, -0.15) is 0 Å². The van der Waals surface area contributed by atoms with Gasteiger partial charge in [0.15, 0.2) is 11.8 Å². The maximum Gasteiger partial charge on any atom is 0.227 e. The monoisotopic (exact) mass is 478 g/mol. The highest BCUT2D eigenvalue weighted by atomic mass is 16.3. The van der Waals surface area contributed by atoms with Crippen molar-refractivity contribution in [2.75, 3.05) is 0 Å². The number of hydrogen-bond donors (Lipinski definition) is 0. The summed E-state index contributed by atoms with van der Waals surface area (Å²) in [6.07, 6.45) is 4.37. The molecular weight excluding hydrogens is 440 g/mol. The third kappa shape index (κ3) is 3.32. The molecule has 184 valence electrons. The largest absolute Gasteiger partial charge is 0.437 e. The molecule has 0 bridgehead atoms. The standard InChI is InChI=1S/C33H37N2O/c1-19(2)21-13-16-35(8)26(18-21)27-20(3)9-11-23-24-17-22-10-12-25-28(29(22)34-31(24)36-30(23)27)33(6,7)15-14-32(25,4)5/h9-13,16-19H,14-15H2,1-8H3/q+1/i19D. The molecule has 0 amide bonds. The Morgan fingerprint density at radius 1 is 0.972 bits per heavy atom. The van der Waals surface area contributed by atoms with Gasteiger partial charge < -0.3 is 4.42 Å². The molecular formula is C33H37N2O+. The molecule has 2 aromatic carbocycles. The lowest BCUT2D eigenvalue weighted by atomic mass is 9.62. The Bertz CT molecular complexity index is 1730. The first-order chi connectivity index (χ1) is 17.3. The number of nitrogens with zero attached hydrogens (tertiary/aromatic N) is 2. The van der Waals surface area contributed by atoms with Crippen molar-refractivity contribution in [3.8, 4) is 11.3 Å². The summed E-state index contributed by atoms with van der Waals surface area (Å²) in [6, 6.07) is 15.3. The Hall–Kier alpha value is -3.20. The van der Waals surface area contributed by atoms with Crippen molar-refractivity contribution in [2.45, 2.75) is 78.0 Å². The normalized spacial score (nSPS) is 17.5. The van der Waals surface area contributed by atoms with Crippen molar-refractivity contribution in [3.05, 3.63) is 70.9 Å². The van der Waals surface area contributed by atoms with E-state index in [1.165, 1.54) is 22.9 Å². The van der Waals surface area contributed by atoms with Crippen LogP contribution in [0.25, 0.3) is 44.2 Å². The van der Waals surface area contributed by atoms with E-state index in [-0.39, 0.29) is 10.8 Å². The van der Waals surface area contributed by atoms with Crippen LogP contribution in [0.1, 0.15) is 83.9 Å². The van der Waals surface area contributed by atoms with Crippen molar-refractivity contribution in [1.29, 1.82) is 0 Å². The second-order valence-corrected chi connectivity index (χ2v) is 12.3. The lowest BCUT2D eigenvalue weighted by Crippen LogP contribution is -2.34. The molecule has 0 saturated heterocycles. The van der Waals surface area contributed by atoms with Crippen molar-refractivity contribution < 1.29 is 10.4 Å². The first kappa shape index (κ1) is 22.0. The highest BCUT2D eigenvalue weighted by molar-refractivity contribution is 6.11. The smallest absolute Gasteiger partial charge is 0.227 e. The van der Waals surface area contributed by atoms with Gasteiger partial charge >= 0.3 is 0 Å². The number of pyridine rings is 2. The molecule has 0 radical (unpaired) electrons. The molecule has 3 aromatic heterocycles. The van der Waals surface area contributed by atoms with E-state index in [9.17, 15) is 0 Å². The van der Waals surface area contributed by atoms with Crippen LogP contribution in [-0.4, -0.2) is 4.98 Å². The molecule has 3 heterocycles. The Labute approximate surface area is 215 Å². The summed E-state index contributed by atoms with van der Waals surface area (Å²) in [7, 11) is 2.06. The van der Waals surface area contributed by atoms with Crippen molar-refractivity contribution in [3.63, 3.8) is 0 Å². The molecule has 5 aromatic rings. The van der Waals surface area contributed by atoms with Crippen LogP contribution >= 0.6 is 0 Å². The molecule has 3 nitrogen and oxygen atoms in total. The Balaban J connectivity index is 1.68. The minimum Gasteiger partial charge on any atom is -0.437 e. The minimum atomic E-state index is -0.683. The van der Waals surface area contributed by atoms with E-state index in [2.05, 4.69) is 82.6 Å². The van der Waals surface area contributed by atoms with E-state index in [4.69, 9.17) is 10.8 Å². The highest BCUT2D eigenvalue weighted by Crippen LogP contribution is 2.49. The maximum absolute atomic E-state index is 8.58. The fourth-order valence-corrected chi connectivity index (χ4v) is 6.17. The molecule has 0 fully saturated rings. The second kappa shape index (κ2) is 7.65. The summed E-state index contributed by atoms with van der Waals surface area (Å²) in [6.45, 7) is 15.4. The third-order valence-corrected chi connectivity index (χ3v) is 8.57. The number of aromatic nitrogens is 2. The predicted octanol–water partition coefficient (Wildman–Crippen LogP) is 8.41. The van der Waals surface area contributed by atoms with Gasteiger partial charge in [0.25, 0.3) is 0 Å². The highest BCUT2D eigenvalue weighted by Gasteiger charge is 2.38. The zero-order valence-electron chi connectivity index (χ0n) is 23.8. The van der Waals surface area contributed by atoms with E-state index in [0.717, 1.165) is 50.7 Å². The third-order valence-electron chi connectivity index (χ3n) is 8.57. The Kier molecular flexibility index (Phi) is 4.68. The van der Waals surface area contributed by atoms with Crippen LogP contribution in [0, 0.1) is 6.92 Å². The molecule has 1 aliphatic rings. The van der Waals surface area contributed by atoms with Crippen LogP contribution in [0.3, 0.4) is 0 Å². The second-order valence-electron chi connectivity index (χ2n) is 12.3. The number of benzene rings is 2. The fraction of sp³-hybridized carbons (Fsp3) is 0.394. The average molecular weight is 479 g/mol. The lowest BCUT2D eigenvalue weighted by Gasteiger charge is -2.42. The van der Waals surface area contributed by atoms with Crippen LogP contribution in [0.15, 0.2) is 53.1 Å².